The van der Waals surface area contributed by atoms with Gasteiger partial charge in [-0.25, -0.2) is 13.8 Å². The molecule has 0 saturated carbocycles. The Labute approximate surface area is 156 Å². The minimum Gasteiger partial charge on any atom is -0.441 e. The topological polar surface area (TPSA) is 55.1 Å². The van der Waals surface area contributed by atoms with Gasteiger partial charge >= 0.3 is 0 Å². The summed E-state index contributed by atoms with van der Waals surface area (Å²) >= 11 is 0. The molecule has 1 amide bonds. The zero-order valence-corrected chi connectivity index (χ0v) is 15.2. The number of nitrogens with zero attached hydrogens (tertiary/aromatic N) is 1. The van der Waals surface area contributed by atoms with Crippen molar-refractivity contribution in [2.45, 2.75) is 33.1 Å². The predicted molar refractivity (Wildman–Crippen MR) is 99.4 cm³/mol. The summed E-state index contributed by atoms with van der Waals surface area (Å²) in [5.74, 6) is -0.997. The van der Waals surface area contributed by atoms with E-state index in [2.05, 4.69) is 10.3 Å². The van der Waals surface area contributed by atoms with Crippen molar-refractivity contribution < 1.29 is 18.0 Å². The van der Waals surface area contributed by atoms with Gasteiger partial charge < -0.3 is 9.73 Å². The van der Waals surface area contributed by atoms with E-state index in [9.17, 15) is 13.6 Å². The Morgan fingerprint density at radius 2 is 2.04 bits per heavy atom. The van der Waals surface area contributed by atoms with Crippen LogP contribution in [0.5, 0.6) is 0 Å². The minimum atomic E-state index is -0.720. The second-order valence-corrected chi connectivity index (χ2v) is 6.25. The molecule has 0 unspecified atom stereocenters. The maximum absolute atomic E-state index is 13.8. The fraction of sp³-hybridized carbons (Fsp3) is 0.238. The molecule has 0 aliphatic heterocycles. The number of oxazole rings is 1. The van der Waals surface area contributed by atoms with Crippen LogP contribution < -0.4 is 5.32 Å². The maximum atomic E-state index is 13.8. The molecule has 140 valence electrons. The van der Waals surface area contributed by atoms with E-state index in [1.54, 1.807) is 0 Å². The van der Waals surface area contributed by atoms with Crippen molar-refractivity contribution in [1.82, 2.24) is 4.98 Å². The Kier molecular flexibility index (Phi) is 5.64. The van der Waals surface area contributed by atoms with E-state index < -0.39 is 11.6 Å². The summed E-state index contributed by atoms with van der Waals surface area (Å²) in [6.45, 7) is 3.99. The summed E-state index contributed by atoms with van der Waals surface area (Å²) in [6.07, 6.45) is 2.66. The van der Waals surface area contributed by atoms with E-state index in [1.807, 2.05) is 32.0 Å². The molecular weight excluding hydrogens is 350 g/mol. The van der Waals surface area contributed by atoms with E-state index in [-0.39, 0.29) is 30.1 Å². The summed E-state index contributed by atoms with van der Waals surface area (Å²) in [6, 6.07) is 9.14. The third-order valence-corrected chi connectivity index (χ3v) is 4.32. The van der Waals surface area contributed by atoms with Crippen molar-refractivity contribution in [2.24, 2.45) is 0 Å². The summed E-state index contributed by atoms with van der Waals surface area (Å²) in [5, 5.41) is 2.94. The Morgan fingerprint density at radius 1 is 1.22 bits per heavy atom. The molecule has 3 aromatic rings. The summed E-state index contributed by atoms with van der Waals surface area (Å²) < 4.78 is 32.3. The normalized spacial score (nSPS) is 10.8. The predicted octanol–water partition coefficient (Wildman–Crippen LogP) is 5.06. The number of rotatable bonds is 6. The van der Waals surface area contributed by atoms with Crippen molar-refractivity contribution in [3.05, 3.63) is 71.2 Å². The molecule has 0 radical (unpaired) electrons. The SMILES string of the molecule is CCc1cccc(C)c1NC(=O)CCc1ncc(-c2ccc(F)cc2F)o1. The molecule has 3 rings (SSSR count). The Hall–Kier alpha value is -3.02. The highest BCUT2D eigenvalue weighted by molar-refractivity contribution is 5.92. The van der Waals surface area contributed by atoms with Crippen LogP contribution in [0.25, 0.3) is 11.3 Å². The maximum Gasteiger partial charge on any atom is 0.224 e. The van der Waals surface area contributed by atoms with Crippen LogP contribution in [0.1, 0.15) is 30.4 Å². The van der Waals surface area contributed by atoms with Crippen LogP contribution >= 0.6 is 0 Å². The molecule has 6 heteroatoms. The second-order valence-electron chi connectivity index (χ2n) is 6.25. The highest BCUT2D eigenvalue weighted by atomic mass is 19.1. The van der Waals surface area contributed by atoms with Gasteiger partial charge in [0.25, 0.3) is 0 Å². The molecule has 2 aromatic carbocycles. The number of halogens is 2. The van der Waals surface area contributed by atoms with Gasteiger partial charge in [-0.3, -0.25) is 4.79 Å². The van der Waals surface area contributed by atoms with Gasteiger partial charge in [0.1, 0.15) is 11.6 Å². The van der Waals surface area contributed by atoms with E-state index in [0.717, 1.165) is 35.4 Å². The molecule has 0 aliphatic rings. The van der Waals surface area contributed by atoms with Gasteiger partial charge in [-0.2, -0.15) is 0 Å². The number of hydrogen-bond donors (Lipinski definition) is 1. The first-order chi connectivity index (χ1) is 13.0. The minimum absolute atomic E-state index is 0.132. The third kappa shape index (κ3) is 4.39. The molecule has 1 aromatic heterocycles. The van der Waals surface area contributed by atoms with Crippen molar-refractivity contribution in [1.29, 1.82) is 0 Å². The van der Waals surface area contributed by atoms with Gasteiger partial charge in [0, 0.05) is 24.6 Å². The molecule has 0 fully saturated rings. The van der Waals surface area contributed by atoms with Crippen LogP contribution in [0.4, 0.5) is 14.5 Å². The average Bonchev–Trinajstić information content (AvgIpc) is 3.10. The number of carbonyl (C=O) groups is 1. The first-order valence-corrected chi connectivity index (χ1v) is 8.76. The molecule has 1 heterocycles. The van der Waals surface area contributed by atoms with Crippen LogP contribution in [0, 0.1) is 18.6 Å². The summed E-state index contributed by atoms with van der Waals surface area (Å²) in [7, 11) is 0. The molecule has 4 nitrogen and oxygen atoms in total. The van der Waals surface area contributed by atoms with Crippen LogP contribution in [0.3, 0.4) is 0 Å². The molecule has 1 N–H and O–H groups in total. The van der Waals surface area contributed by atoms with Gasteiger partial charge in [0.2, 0.25) is 5.91 Å². The van der Waals surface area contributed by atoms with Crippen LogP contribution in [0.2, 0.25) is 0 Å². The molecule has 0 atom stereocenters. The van der Waals surface area contributed by atoms with Crippen LogP contribution in [0.15, 0.2) is 47.0 Å². The summed E-state index contributed by atoms with van der Waals surface area (Å²) in [4.78, 5) is 16.4. The van der Waals surface area contributed by atoms with E-state index in [0.29, 0.717) is 5.89 Å². The zero-order valence-electron chi connectivity index (χ0n) is 15.2. The lowest BCUT2D eigenvalue weighted by molar-refractivity contribution is -0.116. The highest BCUT2D eigenvalue weighted by Gasteiger charge is 2.14. The molecule has 0 saturated heterocycles. The quantitative estimate of drug-likeness (QED) is 0.660. The number of anilines is 1. The largest absolute Gasteiger partial charge is 0.441 e. The molecule has 0 bridgehead atoms. The Bertz CT molecular complexity index is 967. The highest BCUT2D eigenvalue weighted by Crippen LogP contribution is 2.25. The number of aryl methyl sites for hydroxylation is 3. The van der Waals surface area contributed by atoms with E-state index in [1.165, 1.54) is 12.3 Å². The Morgan fingerprint density at radius 3 is 2.78 bits per heavy atom. The van der Waals surface area contributed by atoms with Crippen molar-refractivity contribution in [3.63, 3.8) is 0 Å². The van der Waals surface area contributed by atoms with Gasteiger partial charge in [-0.05, 0) is 36.6 Å². The fourth-order valence-corrected chi connectivity index (χ4v) is 2.86. The number of benzene rings is 2. The zero-order chi connectivity index (χ0) is 19.4. The smallest absolute Gasteiger partial charge is 0.224 e. The number of aromatic nitrogens is 1. The Balaban J connectivity index is 1.64. The number of nitrogens with one attached hydrogen (secondary N) is 1. The van der Waals surface area contributed by atoms with E-state index in [4.69, 9.17) is 4.42 Å². The molecule has 0 aliphatic carbocycles. The lowest BCUT2D eigenvalue weighted by Gasteiger charge is -2.12. The number of para-hydroxylation sites is 1. The first kappa shape index (κ1) is 18.8. The molecule has 27 heavy (non-hydrogen) atoms. The average molecular weight is 370 g/mol. The lowest BCUT2D eigenvalue weighted by atomic mass is 10.1. The standard InChI is InChI=1S/C21H20F2N2O2/c1-3-14-6-4-5-13(2)21(14)25-19(26)9-10-20-24-12-18(27-20)16-8-7-15(22)11-17(16)23/h4-8,11-12H,3,9-10H2,1-2H3,(H,25,26). The summed E-state index contributed by atoms with van der Waals surface area (Å²) in [5.41, 5.74) is 3.06. The lowest BCUT2D eigenvalue weighted by Crippen LogP contribution is -2.14. The third-order valence-electron chi connectivity index (χ3n) is 4.32. The number of amides is 1. The number of hydrogen-bond acceptors (Lipinski definition) is 3. The van der Waals surface area contributed by atoms with Crippen molar-refractivity contribution in [3.8, 4) is 11.3 Å². The number of carbonyl (C=O) groups excluding carboxylic acids is 1. The second kappa shape index (κ2) is 8.12. The van der Waals surface area contributed by atoms with Crippen molar-refractivity contribution >= 4 is 11.6 Å². The van der Waals surface area contributed by atoms with Gasteiger partial charge in [-0.1, -0.05) is 25.1 Å². The first-order valence-electron chi connectivity index (χ1n) is 8.76. The van der Waals surface area contributed by atoms with Crippen LogP contribution in [-0.2, 0) is 17.6 Å². The molecule has 0 spiro atoms. The van der Waals surface area contributed by atoms with E-state index >= 15 is 0 Å². The monoisotopic (exact) mass is 370 g/mol. The van der Waals surface area contributed by atoms with Gasteiger partial charge in [0.15, 0.2) is 11.7 Å². The molecular formula is C21H20F2N2O2. The van der Waals surface area contributed by atoms with Crippen molar-refractivity contribution in [2.75, 3.05) is 5.32 Å². The van der Waals surface area contributed by atoms with Gasteiger partial charge in [-0.15, -0.1) is 0 Å². The van der Waals surface area contributed by atoms with Crippen LogP contribution in [-0.4, -0.2) is 10.9 Å². The fourth-order valence-electron chi connectivity index (χ4n) is 2.86. The van der Waals surface area contributed by atoms with Gasteiger partial charge in [0.05, 0.1) is 11.8 Å².